The number of hydrogen-bond donors (Lipinski definition) is 2. The Hall–Kier alpha value is -1.37. The van der Waals surface area contributed by atoms with Crippen LogP contribution in [0, 0.1) is 17.2 Å². The van der Waals surface area contributed by atoms with Crippen molar-refractivity contribution in [1.82, 2.24) is 5.32 Å². The molecule has 1 aromatic rings. The summed E-state index contributed by atoms with van der Waals surface area (Å²) in [6.07, 6.45) is 0. The average molecular weight is 232 g/mol. The van der Waals surface area contributed by atoms with Crippen LogP contribution in [0.25, 0.3) is 0 Å². The van der Waals surface area contributed by atoms with Crippen molar-refractivity contribution in [1.29, 1.82) is 5.26 Å². The van der Waals surface area contributed by atoms with E-state index in [-0.39, 0.29) is 5.92 Å². The van der Waals surface area contributed by atoms with Gasteiger partial charge in [0.05, 0.1) is 17.2 Å². The number of nitrogens with zero attached hydrogens (tertiary/aromatic N) is 1. The second-order valence-corrected chi connectivity index (χ2v) is 4.93. The number of aliphatic hydroxyl groups is 1. The second kappa shape index (κ2) is 5.81. The van der Waals surface area contributed by atoms with Gasteiger partial charge in [0.25, 0.3) is 0 Å². The normalized spacial score (nSPS) is 14.4. The zero-order chi connectivity index (χ0) is 12.9. The quantitative estimate of drug-likeness (QED) is 0.817. The van der Waals surface area contributed by atoms with Crippen LogP contribution in [-0.2, 0) is 6.54 Å². The van der Waals surface area contributed by atoms with Crippen LogP contribution < -0.4 is 5.32 Å². The molecule has 1 unspecified atom stereocenters. The van der Waals surface area contributed by atoms with E-state index in [0.29, 0.717) is 18.7 Å². The first-order valence-electron chi connectivity index (χ1n) is 5.88. The molecule has 0 spiro atoms. The van der Waals surface area contributed by atoms with Crippen molar-refractivity contribution in [3.8, 4) is 6.07 Å². The van der Waals surface area contributed by atoms with Crippen molar-refractivity contribution in [3.63, 3.8) is 0 Å². The highest BCUT2D eigenvalue weighted by atomic mass is 16.3. The standard InChI is InChI=1S/C14H20N2O/c1-11(2)14(3,17)10-16-9-13-6-4-5-12(7-13)8-15/h4-7,11,16-17H,9-10H2,1-3H3. The minimum Gasteiger partial charge on any atom is -0.389 e. The summed E-state index contributed by atoms with van der Waals surface area (Å²) >= 11 is 0. The van der Waals surface area contributed by atoms with E-state index in [1.165, 1.54) is 0 Å². The largest absolute Gasteiger partial charge is 0.389 e. The molecule has 0 aliphatic carbocycles. The van der Waals surface area contributed by atoms with Gasteiger partial charge in [-0.25, -0.2) is 0 Å². The summed E-state index contributed by atoms with van der Waals surface area (Å²) in [5.41, 5.74) is 1.02. The summed E-state index contributed by atoms with van der Waals surface area (Å²) < 4.78 is 0. The van der Waals surface area contributed by atoms with Gasteiger partial charge in [-0.3, -0.25) is 0 Å². The molecule has 2 N–H and O–H groups in total. The predicted molar refractivity (Wildman–Crippen MR) is 68.3 cm³/mol. The molecule has 0 bridgehead atoms. The third kappa shape index (κ3) is 4.18. The Kier molecular flexibility index (Phi) is 4.68. The molecule has 0 aliphatic heterocycles. The molecular weight excluding hydrogens is 212 g/mol. The zero-order valence-corrected chi connectivity index (χ0v) is 10.7. The first-order valence-corrected chi connectivity index (χ1v) is 5.88. The lowest BCUT2D eigenvalue weighted by atomic mass is 9.92. The first-order chi connectivity index (χ1) is 7.95. The van der Waals surface area contributed by atoms with E-state index in [4.69, 9.17) is 5.26 Å². The summed E-state index contributed by atoms with van der Waals surface area (Å²) in [5, 5.41) is 22.0. The fraction of sp³-hybridized carbons (Fsp3) is 0.500. The van der Waals surface area contributed by atoms with Crippen molar-refractivity contribution in [2.24, 2.45) is 5.92 Å². The van der Waals surface area contributed by atoms with Gasteiger partial charge in [-0.2, -0.15) is 5.26 Å². The maximum Gasteiger partial charge on any atom is 0.0991 e. The van der Waals surface area contributed by atoms with Gasteiger partial charge >= 0.3 is 0 Å². The van der Waals surface area contributed by atoms with Crippen LogP contribution in [-0.4, -0.2) is 17.3 Å². The number of rotatable bonds is 5. The van der Waals surface area contributed by atoms with E-state index < -0.39 is 5.60 Å². The molecule has 0 radical (unpaired) electrons. The van der Waals surface area contributed by atoms with Gasteiger partial charge < -0.3 is 10.4 Å². The summed E-state index contributed by atoms with van der Waals surface area (Å²) in [4.78, 5) is 0. The lowest BCUT2D eigenvalue weighted by Gasteiger charge is -2.28. The molecule has 0 fully saturated rings. The van der Waals surface area contributed by atoms with Crippen LogP contribution in [0.4, 0.5) is 0 Å². The third-order valence-electron chi connectivity index (χ3n) is 3.11. The van der Waals surface area contributed by atoms with Gasteiger partial charge in [0, 0.05) is 13.1 Å². The smallest absolute Gasteiger partial charge is 0.0991 e. The molecule has 0 aromatic heterocycles. The van der Waals surface area contributed by atoms with Crippen molar-refractivity contribution < 1.29 is 5.11 Å². The summed E-state index contributed by atoms with van der Waals surface area (Å²) in [6, 6.07) is 9.60. The van der Waals surface area contributed by atoms with Crippen LogP contribution >= 0.6 is 0 Å². The van der Waals surface area contributed by atoms with Crippen molar-refractivity contribution in [2.45, 2.75) is 32.9 Å². The molecule has 0 amide bonds. The van der Waals surface area contributed by atoms with Gasteiger partial charge in [0.1, 0.15) is 0 Å². The maximum atomic E-state index is 10.1. The molecule has 17 heavy (non-hydrogen) atoms. The first kappa shape index (κ1) is 13.7. The monoisotopic (exact) mass is 232 g/mol. The highest BCUT2D eigenvalue weighted by Gasteiger charge is 2.23. The van der Waals surface area contributed by atoms with Crippen molar-refractivity contribution in [2.75, 3.05) is 6.54 Å². The van der Waals surface area contributed by atoms with Crippen LogP contribution in [0.3, 0.4) is 0 Å². The van der Waals surface area contributed by atoms with Crippen LogP contribution in [0.1, 0.15) is 31.9 Å². The molecule has 1 rings (SSSR count). The lowest BCUT2D eigenvalue weighted by Crippen LogP contribution is -2.41. The molecular formula is C14H20N2O. The highest BCUT2D eigenvalue weighted by molar-refractivity contribution is 5.32. The molecule has 3 heteroatoms. The van der Waals surface area contributed by atoms with Gasteiger partial charge in [0.15, 0.2) is 0 Å². The summed E-state index contributed by atoms with van der Waals surface area (Å²) in [7, 11) is 0. The minimum atomic E-state index is -0.702. The molecule has 0 heterocycles. The van der Waals surface area contributed by atoms with Crippen LogP contribution in [0.15, 0.2) is 24.3 Å². The molecule has 1 aromatic carbocycles. The third-order valence-corrected chi connectivity index (χ3v) is 3.11. The van der Waals surface area contributed by atoms with E-state index in [2.05, 4.69) is 11.4 Å². The van der Waals surface area contributed by atoms with E-state index >= 15 is 0 Å². The predicted octanol–water partition coefficient (Wildman–Crippen LogP) is 2.05. The number of nitrogens with one attached hydrogen (secondary N) is 1. The fourth-order valence-electron chi connectivity index (χ4n) is 1.41. The topological polar surface area (TPSA) is 56.0 Å². The molecule has 0 aliphatic rings. The Morgan fingerprint density at radius 2 is 2.18 bits per heavy atom. The molecule has 0 saturated heterocycles. The number of nitriles is 1. The van der Waals surface area contributed by atoms with Crippen molar-refractivity contribution >= 4 is 0 Å². The summed E-state index contributed by atoms with van der Waals surface area (Å²) in [6.45, 7) is 7.03. The fourth-order valence-corrected chi connectivity index (χ4v) is 1.41. The maximum absolute atomic E-state index is 10.1. The Morgan fingerprint density at radius 1 is 1.47 bits per heavy atom. The molecule has 1 atom stereocenters. The van der Waals surface area contributed by atoms with Crippen LogP contribution in [0.5, 0.6) is 0 Å². The minimum absolute atomic E-state index is 0.209. The summed E-state index contributed by atoms with van der Waals surface area (Å²) in [5.74, 6) is 0.209. The Bertz CT molecular complexity index is 405. The molecule has 0 saturated carbocycles. The lowest BCUT2D eigenvalue weighted by molar-refractivity contribution is 0.0140. The highest BCUT2D eigenvalue weighted by Crippen LogP contribution is 2.14. The van der Waals surface area contributed by atoms with E-state index in [9.17, 15) is 5.11 Å². The van der Waals surface area contributed by atoms with Crippen molar-refractivity contribution in [3.05, 3.63) is 35.4 Å². The van der Waals surface area contributed by atoms with E-state index in [1.807, 2.05) is 39.0 Å². The zero-order valence-electron chi connectivity index (χ0n) is 10.7. The SMILES string of the molecule is CC(C)C(C)(O)CNCc1cccc(C#N)c1. The second-order valence-electron chi connectivity index (χ2n) is 4.93. The van der Waals surface area contributed by atoms with Crippen LogP contribution in [0.2, 0.25) is 0 Å². The van der Waals surface area contributed by atoms with E-state index in [1.54, 1.807) is 6.07 Å². The Balaban J connectivity index is 2.49. The van der Waals surface area contributed by atoms with E-state index in [0.717, 1.165) is 5.56 Å². The van der Waals surface area contributed by atoms with Gasteiger partial charge in [-0.05, 0) is 30.5 Å². The molecule has 3 nitrogen and oxygen atoms in total. The average Bonchev–Trinajstić information content (AvgIpc) is 2.29. The van der Waals surface area contributed by atoms with Gasteiger partial charge in [-0.15, -0.1) is 0 Å². The number of benzene rings is 1. The van der Waals surface area contributed by atoms with Gasteiger partial charge in [-0.1, -0.05) is 26.0 Å². The number of hydrogen-bond acceptors (Lipinski definition) is 3. The van der Waals surface area contributed by atoms with Gasteiger partial charge in [0.2, 0.25) is 0 Å². The molecule has 92 valence electrons. The Labute approximate surface area is 103 Å². The Morgan fingerprint density at radius 3 is 2.76 bits per heavy atom.